The summed E-state index contributed by atoms with van der Waals surface area (Å²) in [7, 11) is -4.04. The normalized spacial score (nSPS) is 11.5. The summed E-state index contributed by atoms with van der Waals surface area (Å²) < 4.78 is 61.8. The van der Waals surface area contributed by atoms with E-state index in [2.05, 4.69) is 9.46 Å². The maximum atomic E-state index is 12.6. The Balaban J connectivity index is 1.38. The largest absolute Gasteiger partial charge is 0.456 e. The predicted molar refractivity (Wildman–Crippen MR) is 137 cm³/mol. The number of amides is 1. The lowest BCUT2D eigenvalue weighted by Crippen LogP contribution is -2.30. The molecule has 0 radical (unpaired) electrons. The summed E-state index contributed by atoms with van der Waals surface area (Å²) in [6.45, 7) is 0.505. The molecule has 192 valence electrons. The summed E-state index contributed by atoms with van der Waals surface area (Å²) in [6.07, 6.45) is 0. The average molecular weight is 544 g/mol. The molecule has 4 rings (SSSR count). The van der Waals surface area contributed by atoms with Crippen LogP contribution in [0.5, 0.6) is 5.75 Å². The van der Waals surface area contributed by atoms with Gasteiger partial charge in [0.1, 0.15) is 11.5 Å². The minimum Gasteiger partial charge on any atom is -0.456 e. The van der Waals surface area contributed by atoms with Gasteiger partial charge in [0, 0.05) is 16.2 Å². The first-order valence-electron chi connectivity index (χ1n) is 11.1. The Kier molecular flexibility index (Phi) is 7.99. The van der Waals surface area contributed by atoms with Crippen molar-refractivity contribution in [2.45, 2.75) is 36.0 Å². The summed E-state index contributed by atoms with van der Waals surface area (Å²) in [6, 6.07) is 22.0. The number of halogens is 2. The van der Waals surface area contributed by atoms with Crippen molar-refractivity contribution in [3.63, 3.8) is 0 Å². The molecule has 0 spiro atoms. The molecule has 0 aliphatic heterocycles. The van der Waals surface area contributed by atoms with E-state index in [0.29, 0.717) is 17.1 Å². The number of carbonyl (C=O) groups excluding carboxylic acids is 1. The van der Waals surface area contributed by atoms with Crippen molar-refractivity contribution in [2.75, 3.05) is 0 Å². The Hall–Kier alpha value is -3.63. The van der Waals surface area contributed by atoms with E-state index in [1.54, 1.807) is 50.2 Å². The van der Waals surface area contributed by atoms with E-state index in [9.17, 15) is 22.0 Å². The van der Waals surface area contributed by atoms with E-state index in [0.717, 1.165) is 21.6 Å². The third-order valence-electron chi connectivity index (χ3n) is 5.52. The van der Waals surface area contributed by atoms with Crippen LogP contribution >= 0.6 is 11.8 Å². The molecular formula is C27H23F2NO5S2. The van der Waals surface area contributed by atoms with Crippen molar-refractivity contribution in [1.82, 2.24) is 4.72 Å². The fraction of sp³-hybridized carbons (Fsp3) is 0.148. The van der Waals surface area contributed by atoms with Gasteiger partial charge in [-0.1, -0.05) is 42.5 Å². The topological polar surface area (TPSA) is 85.6 Å². The summed E-state index contributed by atoms with van der Waals surface area (Å²) in [4.78, 5) is 13.6. The molecule has 0 aliphatic carbocycles. The molecule has 0 fully saturated rings. The van der Waals surface area contributed by atoms with E-state index >= 15 is 0 Å². The third kappa shape index (κ3) is 6.58. The second-order valence-corrected chi connectivity index (χ2v) is 10.8. The monoisotopic (exact) mass is 543 g/mol. The average Bonchev–Trinajstić information content (AvgIpc) is 3.24. The molecule has 37 heavy (non-hydrogen) atoms. The number of aryl methyl sites for hydroxylation is 2. The number of nitrogens with one attached hydrogen (secondary N) is 1. The highest BCUT2D eigenvalue weighted by molar-refractivity contribution is 7.98. The van der Waals surface area contributed by atoms with E-state index in [1.165, 1.54) is 30.0 Å². The summed E-state index contributed by atoms with van der Waals surface area (Å²) in [5.74, 6) is 0.208. The number of hydrogen-bond donors (Lipinski definition) is 1. The Morgan fingerprint density at radius 2 is 1.59 bits per heavy atom. The molecular weight excluding hydrogens is 520 g/mol. The van der Waals surface area contributed by atoms with Gasteiger partial charge in [-0.15, -0.1) is 11.8 Å². The van der Waals surface area contributed by atoms with Gasteiger partial charge in [0.05, 0.1) is 4.90 Å². The zero-order valence-corrected chi connectivity index (χ0v) is 21.5. The molecule has 0 aliphatic rings. The molecule has 4 aromatic rings. The SMILES string of the molecule is Cc1ccccc1S(=O)(=O)NC(=O)c1cc(CSc2ccc(-c3ccc(OC(F)F)cc3)cc2)c(C)o1. The first-order chi connectivity index (χ1) is 17.6. The highest BCUT2D eigenvalue weighted by atomic mass is 32.2. The first kappa shape index (κ1) is 26.4. The van der Waals surface area contributed by atoms with Crippen molar-refractivity contribution >= 4 is 27.7 Å². The zero-order valence-electron chi connectivity index (χ0n) is 19.9. The van der Waals surface area contributed by atoms with Gasteiger partial charge in [0.15, 0.2) is 5.76 Å². The molecule has 0 unspecified atom stereocenters. The van der Waals surface area contributed by atoms with Gasteiger partial charge in [-0.25, -0.2) is 13.1 Å². The van der Waals surface area contributed by atoms with Crippen LogP contribution in [-0.4, -0.2) is 20.9 Å². The molecule has 6 nitrogen and oxygen atoms in total. The maximum absolute atomic E-state index is 12.6. The first-order valence-corrected chi connectivity index (χ1v) is 13.6. The van der Waals surface area contributed by atoms with Crippen molar-refractivity contribution in [1.29, 1.82) is 0 Å². The molecule has 0 saturated heterocycles. The highest BCUT2D eigenvalue weighted by Crippen LogP contribution is 2.29. The van der Waals surface area contributed by atoms with Crippen LogP contribution in [0.1, 0.15) is 27.4 Å². The number of hydrogen-bond acceptors (Lipinski definition) is 6. The van der Waals surface area contributed by atoms with Gasteiger partial charge in [-0.2, -0.15) is 8.78 Å². The van der Waals surface area contributed by atoms with Gasteiger partial charge in [-0.3, -0.25) is 4.79 Å². The summed E-state index contributed by atoms with van der Waals surface area (Å²) in [5.41, 5.74) is 3.07. The van der Waals surface area contributed by atoms with Crippen molar-refractivity contribution in [3.8, 4) is 16.9 Å². The van der Waals surface area contributed by atoms with Crippen LogP contribution < -0.4 is 9.46 Å². The minimum atomic E-state index is -4.04. The molecule has 1 heterocycles. The van der Waals surface area contributed by atoms with Gasteiger partial charge in [0.25, 0.3) is 10.0 Å². The van der Waals surface area contributed by atoms with E-state index in [1.807, 2.05) is 24.3 Å². The quantitative estimate of drug-likeness (QED) is 0.240. The Labute approximate surface area is 217 Å². The molecule has 0 bridgehead atoms. The second kappa shape index (κ2) is 11.2. The Morgan fingerprint density at radius 3 is 2.22 bits per heavy atom. The molecule has 1 amide bonds. The molecule has 10 heteroatoms. The number of furan rings is 1. The number of sulfonamides is 1. The van der Waals surface area contributed by atoms with Crippen LogP contribution in [0, 0.1) is 13.8 Å². The number of ether oxygens (including phenoxy) is 1. The van der Waals surface area contributed by atoms with Crippen LogP contribution in [0.3, 0.4) is 0 Å². The van der Waals surface area contributed by atoms with E-state index in [4.69, 9.17) is 4.42 Å². The summed E-state index contributed by atoms with van der Waals surface area (Å²) >= 11 is 1.52. The van der Waals surface area contributed by atoms with Gasteiger partial charge in [-0.05, 0) is 66.9 Å². The van der Waals surface area contributed by atoms with Gasteiger partial charge in [0.2, 0.25) is 0 Å². The standard InChI is InChI=1S/C27H23F2NO5S2/c1-17-5-3-4-6-25(17)37(32,33)30-26(31)24-15-21(18(2)34-24)16-36-23-13-9-20(10-14-23)19-7-11-22(12-8-19)35-27(28)29/h3-15,27H,16H2,1-2H3,(H,30,31). The van der Waals surface area contributed by atoms with Crippen LogP contribution in [0.15, 0.2) is 93.1 Å². The van der Waals surface area contributed by atoms with E-state index in [-0.39, 0.29) is 16.4 Å². The number of benzene rings is 3. The minimum absolute atomic E-state index is 0.0308. The number of alkyl halides is 2. The number of carbonyl (C=O) groups is 1. The smallest absolute Gasteiger partial charge is 0.387 e. The molecule has 3 aromatic carbocycles. The van der Waals surface area contributed by atoms with Crippen LogP contribution in [0.25, 0.3) is 11.1 Å². The van der Waals surface area contributed by atoms with Crippen molar-refractivity contribution in [2.24, 2.45) is 0 Å². The fourth-order valence-corrected chi connectivity index (χ4v) is 5.74. The Bertz CT molecular complexity index is 1500. The predicted octanol–water partition coefficient (Wildman–Crippen LogP) is 6.58. The number of thioether (sulfide) groups is 1. The van der Waals surface area contributed by atoms with E-state index < -0.39 is 22.5 Å². The van der Waals surface area contributed by atoms with Crippen LogP contribution in [0.4, 0.5) is 8.78 Å². The lowest BCUT2D eigenvalue weighted by Gasteiger charge is -2.07. The fourth-order valence-electron chi connectivity index (χ4n) is 3.59. The third-order valence-corrected chi connectivity index (χ3v) is 8.07. The van der Waals surface area contributed by atoms with Crippen LogP contribution in [-0.2, 0) is 15.8 Å². The van der Waals surface area contributed by atoms with Crippen LogP contribution in [0.2, 0.25) is 0 Å². The lowest BCUT2D eigenvalue weighted by molar-refractivity contribution is -0.0498. The molecule has 0 atom stereocenters. The van der Waals surface area contributed by atoms with Gasteiger partial charge >= 0.3 is 12.5 Å². The maximum Gasteiger partial charge on any atom is 0.387 e. The molecule has 0 saturated carbocycles. The highest BCUT2D eigenvalue weighted by Gasteiger charge is 2.23. The lowest BCUT2D eigenvalue weighted by atomic mass is 10.1. The van der Waals surface area contributed by atoms with Crippen molar-refractivity contribution < 1.29 is 31.1 Å². The van der Waals surface area contributed by atoms with Crippen molar-refractivity contribution in [3.05, 3.63) is 102 Å². The number of rotatable bonds is 9. The second-order valence-electron chi connectivity index (χ2n) is 8.11. The van der Waals surface area contributed by atoms with Gasteiger partial charge < -0.3 is 9.15 Å². The summed E-state index contributed by atoms with van der Waals surface area (Å²) in [5, 5.41) is 0. The molecule has 1 N–H and O–H groups in total. The Morgan fingerprint density at radius 1 is 0.973 bits per heavy atom. The molecule has 1 aromatic heterocycles. The zero-order chi connectivity index (χ0) is 26.6.